The van der Waals surface area contributed by atoms with Crippen LogP contribution in [0.3, 0.4) is 0 Å². The summed E-state index contributed by atoms with van der Waals surface area (Å²) in [5.41, 5.74) is 0.425. The van der Waals surface area contributed by atoms with E-state index in [4.69, 9.17) is 4.74 Å². The predicted molar refractivity (Wildman–Crippen MR) is 96.1 cm³/mol. The molecule has 0 aliphatic carbocycles. The molecule has 0 atom stereocenters. The SMILES string of the molecule is CCCCN1CCC(COC(=O)c2nccc3ccccc23)CC1. The molecule has 0 bridgehead atoms. The minimum atomic E-state index is -0.305. The number of unbranched alkanes of at least 4 members (excludes halogenated alkanes) is 1. The predicted octanol–water partition coefficient (Wildman–Crippen LogP) is 3.90. The monoisotopic (exact) mass is 326 g/mol. The Morgan fingerprint density at radius 2 is 2.04 bits per heavy atom. The van der Waals surface area contributed by atoms with E-state index in [1.54, 1.807) is 6.20 Å². The molecule has 0 unspecified atom stereocenters. The van der Waals surface area contributed by atoms with Crippen LogP contribution in [0, 0.1) is 5.92 Å². The molecule has 2 aromatic rings. The zero-order valence-electron chi connectivity index (χ0n) is 14.4. The van der Waals surface area contributed by atoms with Crippen molar-refractivity contribution >= 4 is 16.7 Å². The molecule has 0 amide bonds. The van der Waals surface area contributed by atoms with Crippen LogP contribution in [0.5, 0.6) is 0 Å². The number of benzene rings is 1. The lowest BCUT2D eigenvalue weighted by molar-refractivity contribution is 0.0368. The maximum absolute atomic E-state index is 12.4. The first kappa shape index (κ1) is 16.9. The zero-order valence-corrected chi connectivity index (χ0v) is 14.4. The highest BCUT2D eigenvalue weighted by atomic mass is 16.5. The van der Waals surface area contributed by atoms with Gasteiger partial charge in [0.25, 0.3) is 0 Å². The van der Waals surface area contributed by atoms with Crippen molar-refractivity contribution in [3.8, 4) is 0 Å². The van der Waals surface area contributed by atoms with Gasteiger partial charge in [0.2, 0.25) is 0 Å². The van der Waals surface area contributed by atoms with Crippen molar-refractivity contribution in [2.45, 2.75) is 32.6 Å². The number of fused-ring (bicyclic) bond motifs is 1. The fraction of sp³-hybridized carbons (Fsp3) is 0.500. The molecule has 3 rings (SSSR count). The van der Waals surface area contributed by atoms with E-state index in [1.165, 1.54) is 19.4 Å². The van der Waals surface area contributed by atoms with Gasteiger partial charge in [-0.15, -0.1) is 0 Å². The van der Waals surface area contributed by atoms with Crippen LogP contribution in [0.15, 0.2) is 36.5 Å². The number of piperidine rings is 1. The molecule has 2 heterocycles. The van der Waals surface area contributed by atoms with Crippen LogP contribution in [0.25, 0.3) is 10.8 Å². The van der Waals surface area contributed by atoms with Gasteiger partial charge in [0.1, 0.15) is 0 Å². The van der Waals surface area contributed by atoms with Crippen molar-refractivity contribution in [3.63, 3.8) is 0 Å². The summed E-state index contributed by atoms with van der Waals surface area (Å²) < 4.78 is 5.57. The molecule has 1 aliphatic rings. The molecule has 4 nitrogen and oxygen atoms in total. The first-order valence-corrected chi connectivity index (χ1v) is 9.01. The number of rotatable bonds is 6. The molecule has 0 N–H and O–H groups in total. The molecule has 0 spiro atoms. The number of carbonyl (C=O) groups is 1. The van der Waals surface area contributed by atoms with Gasteiger partial charge in [0.05, 0.1) is 6.61 Å². The number of aromatic nitrogens is 1. The van der Waals surface area contributed by atoms with E-state index in [2.05, 4.69) is 16.8 Å². The van der Waals surface area contributed by atoms with Crippen molar-refractivity contribution in [2.75, 3.05) is 26.2 Å². The molecule has 128 valence electrons. The van der Waals surface area contributed by atoms with Crippen LogP contribution in [0.2, 0.25) is 0 Å². The molecule has 1 fully saturated rings. The summed E-state index contributed by atoms with van der Waals surface area (Å²) in [5, 5.41) is 1.88. The number of hydrogen-bond acceptors (Lipinski definition) is 4. The maximum atomic E-state index is 12.4. The van der Waals surface area contributed by atoms with Crippen LogP contribution < -0.4 is 0 Å². The van der Waals surface area contributed by atoms with Gasteiger partial charge in [-0.2, -0.15) is 0 Å². The summed E-state index contributed by atoms with van der Waals surface area (Å²) >= 11 is 0. The lowest BCUT2D eigenvalue weighted by Crippen LogP contribution is -2.36. The Hall–Kier alpha value is -1.94. The molecular weight excluding hydrogens is 300 g/mol. The molecule has 1 aromatic carbocycles. The molecule has 24 heavy (non-hydrogen) atoms. The summed E-state index contributed by atoms with van der Waals surface area (Å²) in [6, 6.07) is 9.71. The van der Waals surface area contributed by atoms with Gasteiger partial charge < -0.3 is 9.64 Å². The molecular formula is C20H26N2O2. The van der Waals surface area contributed by atoms with Crippen LogP contribution in [0.4, 0.5) is 0 Å². The zero-order chi connectivity index (χ0) is 16.8. The van der Waals surface area contributed by atoms with E-state index in [9.17, 15) is 4.79 Å². The Kier molecular flexibility index (Phi) is 5.81. The summed E-state index contributed by atoms with van der Waals surface area (Å²) in [5.74, 6) is 0.169. The number of hydrogen-bond donors (Lipinski definition) is 0. The minimum Gasteiger partial charge on any atom is -0.461 e. The number of ether oxygens (including phenoxy) is 1. The highest BCUT2D eigenvalue weighted by Gasteiger charge is 2.21. The van der Waals surface area contributed by atoms with Gasteiger partial charge in [0.15, 0.2) is 5.69 Å². The van der Waals surface area contributed by atoms with Crippen molar-refractivity contribution in [1.82, 2.24) is 9.88 Å². The van der Waals surface area contributed by atoms with Gasteiger partial charge in [-0.05, 0) is 56.3 Å². The topological polar surface area (TPSA) is 42.4 Å². The summed E-state index contributed by atoms with van der Waals surface area (Å²) in [6.07, 6.45) is 6.41. The molecule has 1 aromatic heterocycles. The summed E-state index contributed by atoms with van der Waals surface area (Å²) in [4.78, 5) is 19.2. The standard InChI is InChI=1S/C20H26N2O2/c1-2-3-12-22-13-9-16(10-14-22)15-24-20(23)19-18-7-5-4-6-17(18)8-11-21-19/h4-8,11,16H,2-3,9-10,12-15H2,1H3. The number of likely N-dealkylation sites (tertiary alicyclic amines) is 1. The van der Waals surface area contributed by atoms with E-state index >= 15 is 0 Å². The molecule has 0 saturated carbocycles. The van der Waals surface area contributed by atoms with Gasteiger partial charge in [-0.1, -0.05) is 37.6 Å². The Balaban J connectivity index is 1.53. The number of pyridine rings is 1. The Morgan fingerprint density at radius 3 is 2.83 bits per heavy atom. The second-order valence-electron chi connectivity index (χ2n) is 6.62. The van der Waals surface area contributed by atoms with E-state index in [-0.39, 0.29) is 5.97 Å². The van der Waals surface area contributed by atoms with E-state index in [0.717, 1.165) is 36.7 Å². The third-order valence-electron chi connectivity index (χ3n) is 4.85. The quantitative estimate of drug-likeness (QED) is 0.755. The van der Waals surface area contributed by atoms with Crippen LogP contribution >= 0.6 is 0 Å². The minimum absolute atomic E-state index is 0.305. The van der Waals surface area contributed by atoms with Gasteiger partial charge in [-0.25, -0.2) is 9.78 Å². The molecule has 1 aliphatic heterocycles. The summed E-state index contributed by atoms with van der Waals surface area (Å²) in [7, 11) is 0. The van der Waals surface area contributed by atoms with Crippen LogP contribution in [0.1, 0.15) is 43.1 Å². The maximum Gasteiger partial charge on any atom is 0.357 e. The highest BCUT2D eigenvalue weighted by Crippen LogP contribution is 2.20. The normalized spacial score (nSPS) is 16.4. The van der Waals surface area contributed by atoms with Crippen LogP contribution in [-0.2, 0) is 4.74 Å². The average molecular weight is 326 g/mol. The largest absolute Gasteiger partial charge is 0.461 e. The third-order valence-corrected chi connectivity index (χ3v) is 4.85. The average Bonchev–Trinajstić information content (AvgIpc) is 2.64. The van der Waals surface area contributed by atoms with Gasteiger partial charge in [0, 0.05) is 11.6 Å². The third kappa shape index (κ3) is 4.12. The smallest absolute Gasteiger partial charge is 0.357 e. The molecule has 1 saturated heterocycles. The first-order valence-electron chi connectivity index (χ1n) is 9.01. The second kappa shape index (κ2) is 8.25. The van der Waals surface area contributed by atoms with Crippen molar-refractivity contribution in [3.05, 3.63) is 42.2 Å². The van der Waals surface area contributed by atoms with E-state index in [1.807, 2.05) is 30.3 Å². The fourth-order valence-corrected chi connectivity index (χ4v) is 3.30. The highest BCUT2D eigenvalue weighted by molar-refractivity contribution is 6.02. The lowest BCUT2D eigenvalue weighted by atomic mass is 9.97. The van der Waals surface area contributed by atoms with Gasteiger partial charge in [-0.3, -0.25) is 0 Å². The summed E-state index contributed by atoms with van der Waals surface area (Å²) in [6.45, 7) is 6.17. The number of esters is 1. The van der Waals surface area contributed by atoms with Crippen molar-refractivity contribution < 1.29 is 9.53 Å². The van der Waals surface area contributed by atoms with Crippen LogP contribution in [-0.4, -0.2) is 42.1 Å². The van der Waals surface area contributed by atoms with E-state index in [0.29, 0.717) is 18.2 Å². The molecule has 0 radical (unpaired) electrons. The fourth-order valence-electron chi connectivity index (χ4n) is 3.30. The first-order chi connectivity index (χ1) is 11.8. The van der Waals surface area contributed by atoms with E-state index < -0.39 is 0 Å². The van der Waals surface area contributed by atoms with Gasteiger partial charge >= 0.3 is 5.97 Å². The second-order valence-corrected chi connectivity index (χ2v) is 6.62. The van der Waals surface area contributed by atoms with Crippen molar-refractivity contribution in [2.24, 2.45) is 5.92 Å². The Labute approximate surface area is 143 Å². The van der Waals surface area contributed by atoms with Crippen molar-refractivity contribution in [1.29, 1.82) is 0 Å². The Morgan fingerprint density at radius 1 is 1.25 bits per heavy atom. The Bertz CT molecular complexity index is 673. The lowest BCUT2D eigenvalue weighted by Gasteiger charge is -2.31. The number of nitrogens with zero attached hydrogens (tertiary/aromatic N) is 2. The molecule has 4 heteroatoms. The number of carbonyl (C=O) groups excluding carboxylic acids is 1.